The van der Waals surface area contributed by atoms with Gasteiger partial charge in [0.2, 0.25) is 0 Å². The minimum atomic E-state index is -0.610. The molecular weight excluding hydrogens is 296 g/mol. The summed E-state index contributed by atoms with van der Waals surface area (Å²) in [7, 11) is 1.24. The molecule has 2 N–H and O–H groups in total. The van der Waals surface area contributed by atoms with Crippen LogP contribution in [0.3, 0.4) is 0 Å². The van der Waals surface area contributed by atoms with Gasteiger partial charge in [0.1, 0.15) is 17.3 Å². The second-order valence-corrected chi connectivity index (χ2v) is 4.45. The van der Waals surface area contributed by atoms with Crippen LogP contribution in [0.25, 0.3) is 0 Å². The molecule has 0 saturated carbocycles. The highest BCUT2D eigenvalue weighted by atomic mass is 35.5. The molecule has 0 spiro atoms. The van der Waals surface area contributed by atoms with Crippen molar-refractivity contribution in [3.8, 4) is 5.75 Å². The Morgan fingerprint density at radius 3 is 2.67 bits per heavy atom. The van der Waals surface area contributed by atoms with Crippen LogP contribution in [0.4, 0.5) is 5.82 Å². The van der Waals surface area contributed by atoms with Gasteiger partial charge in [-0.3, -0.25) is 4.79 Å². The molecule has 1 aromatic carbocycles. The van der Waals surface area contributed by atoms with Crippen molar-refractivity contribution in [1.29, 1.82) is 0 Å². The number of amides is 1. The van der Waals surface area contributed by atoms with Crippen LogP contribution in [-0.2, 0) is 9.53 Å². The quantitative estimate of drug-likeness (QED) is 0.832. The number of para-hydroxylation sites is 1. The Hall–Kier alpha value is -2.47. The number of aromatic nitrogens is 1. The highest BCUT2D eigenvalue weighted by Crippen LogP contribution is 2.21. The van der Waals surface area contributed by atoms with E-state index in [2.05, 4.69) is 15.0 Å². The number of aromatic amines is 1. The van der Waals surface area contributed by atoms with Gasteiger partial charge < -0.3 is 19.8 Å². The maximum absolute atomic E-state index is 11.7. The van der Waals surface area contributed by atoms with Gasteiger partial charge >= 0.3 is 5.97 Å². The Morgan fingerprint density at radius 2 is 2.00 bits per heavy atom. The van der Waals surface area contributed by atoms with Crippen LogP contribution in [0.1, 0.15) is 10.5 Å². The first-order valence-corrected chi connectivity index (χ1v) is 6.42. The van der Waals surface area contributed by atoms with Crippen molar-refractivity contribution in [2.75, 3.05) is 19.0 Å². The maximum atomic E-state index is 11.7. The van der Waals surface area contributed by atoms with E-state index in [9.17, 15) is 9.59 Å². The zero-order valence-corrected chi connectivity index (χ0v) is 11.9. The van der Waals surface area contributed by atoms with E-state index in [1.165, 1.54) is 13.2 Å². The summed E-state index contributed by atoms with van der Waals surface area (Å²) in [6.07, 6.45) is 0. The largest absolute Gasteiger partial charge is 0.484 e. The van der Waals surface area contributed by atoms with Crippen LogP contribution in [0.5, 0.6) is 5.75 Å². The highest BCUT2D eigenvalue weighted by Gasteiger charge is 2.15. The summed E-state index contributed by atoms with van der Waals surface area (Å²) in [4.78, 5) is 25.8. The fourth-order valence-electron chi connectivity index (χ4n) is 1.60. The van der Waals surface area contributed by atoms with Crippen molar-refractivity contribution in [2.24, 2.45) is 0 Å². The van der Waals surface area contributed by atoms with E-state index in [1.807, 2.05) is 6.07 Å². The molecule has 0 aliphatic rings. The molecule has 0 saturated heterocycles. The number of hydrogen-bond donors (Lipinski definition) is 2. The van der Waals surface area contributed by atoms with E-state index >= 15 is 0 Å². The maximum Gasteiger partial charge on any atom is 0.356 e. The first-order chi connectivity index (χ1) is 10.1. The zero-order valence-electron chi connectivity index (χ0n) is 11.2. The molecule has 1 heterocycles. The van der Waals surface area contributed by atoms with E-state index in [4.69, 9.17) is 16.3 Å². The van der Waals surface area contributed by atoms with Crippen molar-refractivity contribution in [1.82, 2.24) is 4.98 Å². The summed E-state index contributed by atoms with van der Waals surface area (Å²) in [5.74, 6) is -0.108. The second-order valence-electron chi connectivity index (χ2n) is 4.05. The fraction of sp³-hybridized carbons (Fsp3) is 0.143. The number of hydrogen-bond acceptors (Lipinski definition) is 4. The van der Waals surface area contributed by atoms with Crippen molar-refractivity contribution in [3.63, 3.8) is 0 Å². The van der Waals surface area contributed by atoms with Gasteiger partial charge in [0.15, 0.2) is 6.61 Å². The summed E-state index contributed by atoms with van der Waals surface area (Å²) < 4.78 is 9.84. The molecule has 0 unspecified atom stereocenters. The Kier molecular flexibility index (Phi) is 4.84. The summed E-state index contributed by atoms with van der Waals surface area (Å²) >= 11 is 5.86. The molecule has 7 heteroatoms. The number of carbonyl (C=O) groups is 2. The number of anilines is 1. The number of benzene rings is 1. The monoisotopic (exact) mass is 308 g/mol. The summed E-state index contributed by atoms with van der Waals surface area (Å²) in [5, 5.41) is 2.71. The number of rotatable bonds is 5. The van der Waals surface area contributed by atoms with Crippen molar-refractivity contribution >= 4 is 29.3 Å². The average molecular weight is 309 g/mol. The lowest BCUT2D eigenvalue weighted by atomic mass is 10.3. The third-order valence-electron chi connectivity index (χ3n) is 2.55. The molecule has 110 valence electrons. The molecule has 1 aromatic heterocycles. The molecule has 6 nitrogen and oxygen atoms in total. The molecule has 21 heavy (non-hydrogen) atoms. The number of ether oxygens (including phenoxy) is 2. The van der Waals surface area contributed by atoms with Crippen LogP contribution < -0.4 is 10.1 Å². The number of esters is 1. The third-order valence-corrected chi connectivity index (χ3v) is 2.84. The lowest BCUT2D eigenvalue weighted by Gasteiger charge is -2.05. The van der Waals surface area contributed by atoms with Gasteiger partial charge in [-0.15, -0.1) is 0 Å². The van der Waals surface area contributed by atoms with Crippen LogP contribution >= 0.6 is 11.6 Å². The minimum Gasteiger partial charge on any atom is -0.484 e. The molecule has 1 amide bonds. The number of halogens is 1. The normalized spacial score (nSPS) is 10.0. The van der Waals surface area contributed by atoms with Crippen molar-refractivity contribution in [3.05, 3.63) is 47.1 Å². The first-order valence-electron chi connectivity index (χ1n) is 6.04. The third kappa shape index (κ3) is 4.00. The van der Waals surface area contributed by atoms with Gasteiger partial charge in [0, 0.05) is 0 Å². The van der Waals surface area contributed by atoms with E-state index in [-0.39, 0.29) is 23.2 Å². The number of carbonyl (C=O) groups excluding carboxylic acids is 2. The lowest BCUT2D eigenvalue weighted by molar-refractivity contribution is -0.118. The average Bonchev–Trinajstić information content (AvgIpc) is 2.86. The second kappa shape index (κ2) is 6.81. The first kappa shape index (κ1) is 14.9. The number of nitrogens with one attached hydrogen (secondary N) is 2. The highest BCUT2D eigenvalue weighted by molar-refractivity contribution is 6.33. The van der Waals surface area contributed by atoms with Crippen LogP contribution in [-0.4, -0.2) is 30.6 Å². The molecule has 0 aliphatic carbocycles. The van der Waals surface area contributed by atoms with E-state index < -0.39 is 5.97 Å². The summed E-state index contributed by atoms with van der Waals surface area (Å²) in [6, 6.07) is 10.4. The van der Waals surface area contributed by atoms with Gasteiger partial charge in [0.25, 0.3) is 5.91 Å². The van der Waals surface area contributed by atoms with Crippen molar-refractivity contribution in [2.45, 2.75) is 0 Å². The number of methoxy groups -OCH3 is 1. The molecule has 0 aliphatic heterocycles. The van der Waals surface area contributed by atoms with Gasteiger partial charge in [-0.2, -0.15) is 0 Å². The SMILES string of the molecule is COC(=O)c1[nH]c(NC(=O)COc2ccccc2)cc1Cl. The summed E-state index contributed by atoms with van der Waals surface area (Å²) in [5.41, 5.74) is 0.0819. The van der Waals surface area contributed by atoms with Gasteiger partial charge in [-0.1, -0.05) is 29.8 Å². The topological polar surface area (TPSA) is 80.4 Å². The van der Waals surface area contributed by atoms with Gasteiger partial charge in [-0.25, -0.2) is 4.79 Å². The number of H-pyrrole nitrogens is 1. The Labute approximate surface area is 126 Å². The molecule has 0 atom stereocenters. The molecule has 2 rings (SSSR count). The lowest BCUT2D eigenvalue weighted by Crippen LogP contribution is -2.20. The molecular formula is C14H13ClN2O4. The Morgan fingerprint density at radius 1 is 1.29 bits per heavy atom. The van der Waals surface area contributed by atoms with Gasteiger partial charge in [0.05, 0.1) is 12.1 Å². The van der Waals surface area contributed by atoms with Crippen LogP contribution in [0, 0.1) is 0 Å². The predicted octanol–water partition coefficient (Wildman–Crippen LogP) is 2.47. The van der Waals surface area contributed by atoms with E-state index in [0.29, 0.717) is 11.6 Å². The standard InChI is InChI=1S/C14H13ClN2O4/c1-20-14(19)13-10(15)7-11(17-13)16-12(18)8-21-9-5-3-2-4-6-9/h2-7,17H,8H2,1H3,(H,16,18). The molecule has 2 aromatic rings. The minimum absolute atomic E-state index is 0.0819. The summed E-state index contributed by atoms with van der Waals surface area (Å²) in [6.45, 7) is -0.159. The fourth-order valence-corrected chi connectivity index (χ4v) is 1.83. The van der Waals surface area contributed by atoms with Crippen LogP contribution in [0.2, 0.25) is 5.02 Å². The van der Waals surface area contributed by atoms with Crippen molar-refractivity contribution < 1.29 is 19.1 Å². The molecule has 0 bridgehead atoms. The zero-order chi connectivity index (χ0) is 15.2. The molecule has 0 radical (unpaired) electrons. The van der Waals surface area contributed by atoms with E-state index in [0.717, 1.165) is 0 Å². The smallest absolute Gasteiger partial charge is 0.356 e. The Balaban J connectivity index is 1.92. The van der Waals surface area contributed by atoms with Crippen LogP contribution in [0.15, 0.2) is 36.4 Å². The Bertz CT molecular complexity index is 640. The van der Waals surface area contributed by atoms with Gasteiger partial charge in [-0.05, 0) is 18.2 Å². The van der Waals surface area contributed by atoms with E-state index in [1.54, 1.807) is 24.3 Å². The molecule has 0 fully saturated rings. The predicted molar refractivity (Wildman–Crippen MR) is 77.7 cm³/mol.